The number of amides is 1. The molecule has 6 nitrogen and oxygen atoms in total. The number of rotatable bonds is 7. The van der Waals surface area contributed by atoms with Crippen molar-refractivity contribution in [1.29, 1.82) is 0 Å². The summed E-state index contributed by atoms with van der Waals surface area (Å²) in [5.74, 6) is -1.16. The van der Waals surface area contributed by atoms with E-state index in [4.69, 9.17) is 4.74 Å². The van der Waals surface area contributed by atoms with Crippen LogP contribution in [0.1, 0.15) is 50.8 Å². The molecule has 6 heteroatoms. The lowest BCUT2D eigenvalue weighted by atomic mass is 10.1. The highest BCUT2D eigenvalue weighted by molar-refractivity contribution is 6.05. The molecule has 0 saturated heterocycles. The second-order valence-electron chi connectivity index (χ2n) is 5.59. The summed E-state index contributed by atoms with van der Waals surface area (Å²) < 4.78 is 9.75. The third kappa shape index (κ3) is 5.17. The zero-order chi connectivity index (χ0) is 18.9. The van der Waals surface area contributed by atoms with Gasteiger partial charge < -0.3 is 14.8 Å². The molecule has 136 valence electrons. The molecule has 0 aliphatic heterocycles. The first-order valence-electron chi connectivity index (χ1n) is 8.32. The van der Waals surface area contributed by atoms with Crippen molar-refractivity contribution in [1.82, 2.24) is 0 Å². The summed E-state index contributed by atoms with van der Waals surface area (Å²) >= 11 is 0. The predicted octanol–water partition coefficient (Wildman–Crippen LogP) is 3.68. The van der Waals surface area contributed by atoms with E-state index in [9.17, 15) is 14.4 Å². The monoisotopic (exact) mass is 355 g/mol. The highest BCUT2D eigenvalue weighted by Crippen LogP contribution is 2.13. The zero-order valence-electron chi connectivity index (χ0n) is 14.8. The molecule has 0 saturated carbocycles. The van der Waals surface area contributed by atoms with Crippen LogP contribution in [-0.2, 0) is 9.47 Å². The van der Waals surface area contributed by atoms with E-state index in [1.165, 1.54) is 19.2 Å². The first-order chi connectivity index (χ1) is 12.5. The number of hydrogen-bond donors (Lipinski definition) is 1. The molecule has 1 amide bonds. The molecule has 0 fully saturated rings. The van der Waals surface area contributed by atoms with Gasteiger partial charge in [0.2, 0.25) is 0 Å². The van der Waals surface area contributed by atoms with Gasteiger partial charge in [0.25, 0.3) is 5.91 Å². The van der Waals surface area contributed by atoms with Gasteiger partial charge in [0.15, 0.2) is 0 Å². The van der Waals surface area contributed by atoms with Gasteiger partial charge in [-0.15, -0.1) is 0 Å². The summed E-state index contributed by atoms with van der Waals surface area (Å²) in [5, 5.41) is 2.73. The fourth-order valence-corrected chi connectivity index (χ4v) is 2.16. The van der Waals surface area contributed by atoms with Crippen LogP contribution in [0.25, 0.3) is 0 Å². The maximum absolute atomic E-state index is 12.2. The molecule has 0 radical (unpaired) electrons. The van der Waals surface area contributed by atoms with Crippen molar-refractivity contribution < 1.29 is 23.9 Å². The highest BCUT2D eigenvalue weighted by Gasteiger charge is 2.10. The number of carbonyl (C=O) groups is 3. The third-order valence-corrected chi connectivity index (χ3v) is 3.68. The van der Waals surface area contributed by atoms with Gasteiger partial charge in [-0.1, -0.05) is 13.3 Å². The van der Waals surface area contributed by atoms with Crippen LogP contribution in [0.3, 0.4) is 0 Å². The minimum Gasteiger partial charge on any atom is -0.465 e. The van der Waals surface area contributed by atoms with Crippen LogP contribution in [0.2, 0.25) is 0 Å². The molecule has 0 aromatic heterocycles. The predicted molar refractivity (Wildman–Crippen MR) is 97.4 cm³/mol. The van der Waals surface area contributed by atoms with Crippen molar-refractivity contribution in [2.24, 2.45) is 0 Å². The number of ether oxygens (including phenoxy) is 2. The minimum atomic E-state index is -0.460. The Hall–Kier alpha value is -3.15. The van der Waals surface area contributed by atoms with Crippen LogP contribution >= 0.6 is 0 Å². The van der Waals surface area contributed by atoms with Gasteiger partial charge in [0, 0.05) is 11.3 Å². The SMILES string of the molecule is CCCCOC(=O)c1ccc(NC(=O)c2ccc(C(=O)OC)cc2)cc1. The molecule has 0 atom stereocenters. The largest absolute Gasteiger partial charge is 0.465 e. The van der Waals surface area contributed by atoms with E-state index in [1.807, 2.05) is 6.92 Å². The Balaban J connectivity index is 1.96. The van der Waals surface area contributed by atoms with E-state index in [-0.39, 0.29) is 11.9 Å². The standard InChI is InChI=1S/C20H21NO5/c1-3-4-13-26-20(24)16-9-11-17(12-10-16)21-18(22)14-5-7-15(8-6-14)19(23)25-2/h5-12H,3-4,13H2,1-2H3,(H,21,22). The van der Waals surface area contributed by atoms with Crippen molar-refractivity contribution in [3.8, 4) is 0 Å². The van der Waals surface area contributed by atoms with Gasteiger partial charge in [-0.25, -0.2) is 9.59 Å². The molecule has 26 heavy (non-hydrogen) atoms. The van der Waals surface area contributed by atoms with Crippen LogP contribution in [0.15, 0.2) is 48.5 Å². The molecule has 2 aromatic carbocycles. The maximum atomic E-state index is 12.2. The average molecular weight is 355 g/mol. The highest BCUT2D eigenvalue weighted by atomic mass is 16.5. The van der Waals surface area contributed by atoms with E-state index in [1.54, 1.807) is 36.4 Å². The molecule has 0 bridgehead atoms. The molecule has 2 aromatic rings. The quantitative estimate of drug-likeness (QED) is 0.605. The first-order valence-corrected chi connectivity index (χ1v) is 8.32. The third-order valence-electron chi connectivity index (χ3n) is 3.68. The first kappa shape index (κ1) is 19.2. The summed E-state index contributed by atoms with van der Waals surface area (Å²) in [5.41, 5.74) is 1.76. The number of anilines is 1. The van der Waals surface area contributed by atoms with Crippen LogP contribution < -0.4 is 5.32 Å². The van der Waals surface area contributed by atoms with Crippen LogP contribution in [-0.4, -0.2) is 31.6 Å². The maximum Gasteiger partial charge on any atom is 0.338 e. The summed E-state index contributed by atoms with van der Waals surface area (Å²) in [6.45, 7) is 2.42. The Morgan fingerprint density at radius 3 is 1.96 bits per heavy atom. The number of carbonyl (C=O) groups excluding carboxylic acids is 3. The van der Waals surface area contributed by atoms with Gasteiger partial charge in [0.1, 0.15) is 0 Å². The fraction of sp³-hybridized carbons (Fsp3) is 0.250. The topological polar surface area (TPSA) is 81.7 Å². The number of hydrogen-bond acceptors (Lipinski definition) is 5. The van der Waals surface area contributed by atoms with E-state index in [0.29, 0.717) is 29.0 Å². The molecular weight excluding hydrogens is 334 g/mol. The van der Waals surface area contributed by atoms with E-state index in [2.05, 4.69) is 10.1 Å². The van der Waals surface area contributed by atoms with Crippen molar-refractivity contribution in [3.63, 3.8) is 0 Å². The van der Waals surface area contributed by atoms with E-state index in [0.717, 1.165) is 12.8 Å². The number of benzene rings is 2. The van der Waals surface area contributed by atoms with Gasteiger partial charge in [0.05, 0.1) is 24.8 Å². The Bertz CT molecular complexity index is 766. The molecule has 1 N–H and O–H groups in total. The van der Waals surface area contributed by atoms with Gasteiger partial charge in [-0.2, -0.15) is 0 Å². The summed E-state index contributed by atoms with van der Waals surface area (Å²) in [7, 11) is 1.30. The summed E-state index contributed by atoms with van der Waals surface area (Å²) in [6.07, 6.45) is 1.79. The van der Waals surface area contributed by atoms with Gasteiger partial charge in [-0.05, 0) is 55.0 Å². The smallest absolute Gasteiger partial charge is 0.338 e. The summed E-state index contributed by atoms with van der Waals surface area (Å²) in [4.78, 5) is 35.5. The molecule has 0 aliphatic rings. The minimum absolute atomic E-state index is 0.320. The van der Waals surface area contributed by atoms with E-state index < -0.39 is 5.97 Å². The molecule has 0 unspecified atom stereocenters. The second-order valence-corrected chi connectivity index (χ2v) is 5.59. The lowest BCUT2D eigenvalue weighted by Crippen LogP contribution is -2.12. The van der Waals surface area contributed by atoms with Crippen LogP contribution in [0.5, 0.6) is 0 Å². The molecule has 0 aliphatic carbocycles. The van der Waals surface area contributed by atoms with Crippen molar-refractivity contribution >= 4 is 23.5 Å². The summed E-state index contributed by atoms with van der Waals surface area (Å²) in [6, 6.07) is 12.6. The number of unbranched alkanes of at least 4 members (excludes halogenated alkanes) is 1. The molecule has 0 spiro atoms. The van der Waals surface area contributed by atoms with Crippen LogP contribution in [0.4, 0.5) is 5.69 Å². The lowest BCUT2D eigenvalue weighted by Gasteiger charge is -2.07. The number of nitrogens with one attached hydrogen (secondary N) is 1. The van der Waals surface area contributed by atoms with Gasteiger partial charge >= 0.3 is 11.9 Å². The van der Waals surface area contributed by atoms with Crippen LogP contribution in [0, 0.1) is 0 Å². The van der Waals surface area contributed by atoms with E-state index >= 15 is 0 Å². The van der Waals surface area contributed by atoms with Crippen molar-refractivity contribution in [3.05, 3.63) is 65.2 Å². The molecular formula is C20H21NO5. The lowest BCUT2D eigenvalue weighted by molar-refractivity contribution is 0.0499. The number of esters is 2. The Labute approximate surface area is 152 Å². The second kappa shape index (κ2) is 9.36. The van der Waals surface area contributed by atoms with Crippen molar-refractivity contribution in [2.45, 2.75) is 19.8 Å². The fourth-order valence-electron chi connectivity index (χ4n) is 2.16. The Morgan fingerprint density at radius 1 is 0.846 bits per heavy atom. The average Bonchev–Trinajstić information content (AvgIpc) is 2.68. The van der Waals surface area contributed by atoms with Crippen molar-refractivity contribution in [2.75, 3.05) is 19.0 Å². The Morgan fingerprint density at radius 2 is 1.38 bits per heavy atom. The molecule has 0 heterocycles. The normalized spacial score (nSPS) is 10.1. The van der Waals surface area contributed by atoms with Gasteiger partial charge in [-0.3, -0.25) is 4.79 Å². The number of methoxy groups -OCH3 is 1. The molecule has 2 rings (SSSR count). The zero-order valence-corrected chi connectivity index (χ0v) is 14.8. The Kier molecular flexibility index (Phi) is 6.91.